The van der Waals surface area contributed by atoms with E-state index in [4.69, 9.17) is 4.74 Å². The minimum atomic E-state index is -0.858. The third-order valence-corrected chi connectivity index (χ3v) is 12.2. The van der Waals surface area contributed by atoms with Crippen molar-refractivity contribution in [2.75, 3.05) is 7.11 Å². The zero-order chi connectivity index (χ0) is 30.1. The van der Waals surface area contributed by atoms with Crippen LogP contribution in [0.3, 0.4) is 0 Å². The van der Waals surface area contributed by atoms with Crippen LogP contribution in [0.5, 0.6) is 0 Å². The highest BCUT2D eigenvalue weighted by atomic mass is 16.5. The van der Waals surface area contributed by atoms with Gasteiger partial charge >= 0.3 is 5.97 Å². The number of amides is 1. The van der Waals surface area contributed by atoms with Gasteiger partial charge in [-0.15, -0.1) is 0 Å². The maximum Gasteiger partial charge on any atom is 0.312 e. The van der Waals surface area contributed by atoms with E-state index in [1.807, 2.05) is 13.8 Å². The second-order valence-electron chi connectivity index (χ2n) is 15.4. The summed E-state index contributed by atoms with van der Waals surface area (Å²) in [6.07, 6.45) is 10.2. The smallest absolute Gasteiger partial charge is 0.312 e. The molecule has 40 heavy (non-hydrogen) atoms. The Morgan fingerprint density at radius 3 is 2.17 bits per heavy atom. The Labute approximate surface area is 239 Å². The molecule has 3 fully saturated rings. The fourth-order valence-electron chi connectivity index (χ4n) is 9.73. The van der Waals surface area contributed by atoms with Crippen LogP contribution in [0.1, 0.15) is 107 Å². The number of rotatable bonds is 4. The number of carbonyl (C=O) groups is 4. The molecule has 0 aromatic carbocycles. The summed E-state index contributed by atoms with van der Waals surface area (Å²) < 4.78 is 5.40. The van der Waals surface area contributed by atoms with Gasteiger partial charge in [0.1, 0.15) is 0 Å². The van der Waals surface area contributed by atoms with Crippen LogP contribution in [0.25, 0.3) is 0 Å². The van der Waals surface area contributed by atoms with E-state index in [0.717, 1.165) is 56.9 Å². The lowest BCUT2D eigenvalue weighted by Crippen LogP contribution is -2.59. The van der Waals surface area contributed by atoms with E-state index < -0.39 is 27.6 Å². The van der Waals surface area contributed by atoms with Crippen molar-refractivity contribution >= 4 is 23.4 Å². The minimum absolute atomic E-state index is 0.0579. The van der Waals surface area contributed by atoms with Gasteiger partial charge in [-0.05, 0) is 92.4 Å². The standard InChI is InChI=1S/C33H49NO6/c1-20(35)16-24-31(7)19-22(26(37)34-39)25(36)29(4,5)23(31)10-11-32(24,8)30(6)13-15-33(27(38)40-9)14-12-28(2,3)17-21(33)18-30/h16,19,21,23,39H,10-15,17-18H2,1-9H3,(H,34,37)/b24-16-/t21?,23-,30+,31-,32+,33-/m0/s1. The molecule has 0 spiro atoms. The van der Waals surface area contributed by atoms with E-state index in [-0.39, 0.29) is 45.8 Å². The van der Waals surface area contributed by atoms with Crippen LogP contribution in [0, 0.1) is 44.3 Å². The molecule has 0 aliphatic heterocycles. The van der Waals surface area contributed by atoms with Crippen molar-refractivity contribution in [1.29, 1.82) is 0 Å². The highest BCUT2D eigenvalue weighted by molar-refractivity contribution is 6.21. The first-order valence-electron chi connectivity index (χ1n) is 14.9. The maximum atomic E-state index is 13.5. The van der Waals surface area contributed by atoms with E-state index in [1.54, 1.807) is 24.6 Å². The summed E-state index contributed by atoms with van der Waals surface area (Å²) in [5.74, 6) is -1.21. The predicted molar refractivity (Wildman–Crippen MR) is 152 cm³/mol. The number of hydrogen-bond donors (Lipinski definition) is 2. The molecule has 0 radical (unpaired) electrons. The molecule has 1 unspecified atom stereocenters. The highest BCUT2D eigenvalue weighted by Gasteiger charge is 2.65. The lowest BCUT2D eigenvalue weighted by Gasteiger charge is -2.65. The Balaban J connectivity index is 1.87. The molecular weight excluding hydrogens is 506 g/mol. The van der Waals surface area contributed by atoms with Gasteiger partial charge in [0.25, 0.3) is 5.91 Å². The number of methoxy groups -OCH3 is 1. The monoisotopic (exact) mass is 555 g/mol. The summed E-state index contributed by atoms with van der Waals surface area (Å²) in [6, 6.07) is 0. The van der Waals surface area contributed by atoms with Crippen molar-refractivity contribution < 1.29 is 29.1 Å². The summed E-state index contributed by atoms with van der Waals surface area (Å²) in [4.78, 5) is 52.3. The van der Waals surface area contributed by atoms with Gasteiger partial charge in [-0.25, -0.2) is 5.48 Å². The molecule has 7 nitrogen and oxygen atoms in total. The number of carbonyl (C=O) groups excluding carboxylic acids is 4. The summed E-state index contributed by atoms with van der Waals surface area (Å²) in [6.45, 7) is 16.5. The van der Waals surface area contributed by atoms with Crippen molar-refractivity contribution in [2.45, 2.75) is 107 Å². The quantitative estimate of drug-likeness (QED) is 0.142. The Kier molecular flexibility index (Phi) is 7.39. The van der Waals surface area contributed by atoms with E-state index in [2.05, 4.69) is 34.6 Å². The molecule has 1 amide bonds. The van der Waals surface area contributed by atoms with Crippen molar-refractivity contribution in [3.63, 3.8) is 0 Å². The summed E-state index contributed by atoms with van der Waals surface area (Å²) in [5, 5.41) is 9.46. The molecule has 222 valence electrons. The number of nitrogens with one attached hydrogen (secondary N) is 1. The zero-order valence-electron chi connectivity index (χ0n) is 26.0. The lowest BCUT2D eigenvalue weighted by atomic mass is 9.38. The van der Waals surface area contributed by atoms with Crippen LogP contribution in [0.2, 0.25) is 0 Å². The minimum Gasteiger partial charge on any atom is -0.469 e. The Bertz CT molecular complexity index is 1200. The average molecular weight is 556 g/mol. The molecule has 2 N–H and O–H groups in total. The number of ether oxygens (including phenoxy) is 1. The van der Waals surface area contributed by atoms with Crippen molar-refractivity contribution in [3.05, 3.63) is 23.3 Å². The predicted octanol–water partition coefficient (Wildman–Crippen LogP) is 6.14. The molecule has 0 saturated heterocycles. The third-order valence-electron chi connectivity index (χ3n) is 12.2. The Morgan fingerprint density at radius 1 is 0.975 bits per heavy atom. The van der Waals surface area contributed by atoms with Gasteiger partial charge in [0.05, 0.1) is 18.1 Å². The van der Waals surface area contributed by atoms with Gasteiger partial charge < -0.3 is 4.74 Å². The number of Topliss-reactive ketones (excluding diaryl/α,β-unsaturated/α-hetero) is 1. The molecule has 0 bridgehead atoms. The summed E-state index contributed by atoms with van der Waals surface area (Å²) in [5.41, 5.74) is -0.0285. The molecule has 4 aliphatic carbocycles. The Hall–Kier alpha value is -2.28. The SMILES string of the molecule is COC(=O)[C@]12CCC(C)(C)CC1C[C@](C)([C@]1(C)CC[C@H]3C(C)(C)C(=O)C(C(=O)NO)=C[C@]3(C)/C1=C/C(C)=O)CC2. The first kappa shape index (κ1) is 30.7. The molecule has 0 heterocycles. The Morgan fingerprint density at radius 2 is 1.60 bits per heavy atom. The first-order chi connectivity index (χ1) is 18.3. The van der Waals surface area contributed by atoms with Gasteiger partial charge in [0, 0.05) is 10.8 Å². The summed E-state index contributed by atoms with van der Waals surface area (Å²) in [7, 11) is 1.50. The van der Waals surface area contributed by atoms with Gasteiger partial charge in [0.15, 0.2) is 11.6 Å². The van der Waals surface area contributed by atoms with Crippen LogP contribution < -0.4 is 5.48 Å². The van der Waals surface area contributed by atoms with Crippen LogP contribution in [0.4, 0.5) is 0 Å². The second kappa shape index (κ2) is 9.64. The van der Waals surface area contributed by atoms with Crippen LogP contribution >= 0.6 is 0 Å². The number of ketones is 2. The molecule has 0 aromatic rings. The van der Waals surface area contributed by atoms with Crippen molar-refractivity contribution in [3.8, 4) is 0 Å². The van der Waals surface area contributed by atoms with Crippen molar-refractivity contribution in [1.82, 2.24) is 5.48 Å². The number of hydroxylamine groups is 1. The number of hydrogen-bond acceptors (Lipinski definition) is 6. The number of esters is 1. The average Bonchev–Trinajstić information content (AvgIpc) is 2.87. The lowest BCUT2D eigenvalue weighted by molar-refractivity contribution is -0.174. The molecular formula is C33H49NO6. The van der Waals surface area contributed by atoms with E-state index in [1.165, 1.54) is 7.11 Å². The zero-order valence-corrected chi connectivity index (χ0v) is 26.0. The van der Waals surface area contributed by atoms with Gasteiger partial charge in [-0.3, -0.25) is 24.4 Å². The van der Waals surface area contributed by atoms with Crippen molar-refractivity contribution in [2.24, 2.45) is 44.3 Å². The largest absolute Gasteiger partial charge is 0.469 e. The molecule has 3 saturated carbocycles. The van der Waals surface area contributed by atoms with E-state index in [9.17, 15) is 24.4 Å². The molecule has 7 heteroatoms. The number of fused-ring (bicyclic) bond motifs is 2. The highest BCUT2D eigenvalue weighted by Crippen LogP contribution is 2.71. The molecule has 0 aromatic heterocycles. The van der Waals surface area contributed by atoms with Gasteiger partial charge in [-0.1, -0.05) is 60.1 Å². The van der Waals surface area contributed by atoms with E-state index >= 15 is 0 Å². The number of allylic oxidation sites excluding steroid dienone is 3. The molecule has 4 rings (SSSR count). The van der Waals surface area contributed by atoms with Crippen LogP contribution in [0.15, 0.2) is 23.3 Å². The third kappa shape index (κ3) is 4.33. The van der Waals surface area contributed by atoms with Crippen LogP contribution in [-0.2, 0) is 23.9 Å². The molecule has 4 aliphatic rings. The maximum absolute atomic E-state index is 13.5. The van der Waals surface area contributed by atoms with Gasteiger partial charge in [-0.2, -0.15) is 0 Å². The van der Waals surface area contributed by atoms with E-state index in [0.29, 0.717) is 0 Å². The normalized spacial score (nSPS) is 41.3. The first-order valence-corrected chi connectivity index (χ1v) is 14.9. The fraction of sp³-hybridized carbons (Fsp3) is 0.758. The van der Waals surface area contributed by atoms with Gasteiger partial charge in [0.2, 0.25) is 0 Å². The topological polar surface area (TPSA) is 110 Å². The molecule has 6 atom stereocenters. The fourth-order valence-corrected chi connectivity index (χ4v) is 9.73. The van der Waals surface area contributed by atoms with Crippen LogP contribution in [-0.4, -0.2) is 35.8 Å². The summed E-state index contributed by atoms with van der Waals surface area (Å²) >= 11 is 0. The second-order valence-corrected chi connectivity index (χ2v) is 15.4.